The van der Waals surface area contributed by atoms with Crippen LogP contribution in [0.15, 0.2) is 30.5 Å². The molecule has 20 heavy (non-hydrogen) atoms. The molecule has 110 valence electrons. The molecule has 2 amide bonds. The second kappa shape index (κ2) is 8.85. The highest BCUT2D eigenvalue weighted by Crippen LogP contribution is 2.30. The van der Waals surface area contributed by atoms with Gasteiger partial charge in [0.2, 0.25) is 0 Å². The number of rotatable bonds is 7. The standard InChI is InChI=1S/C15H22N2O3/c1-4-7-10-16-15(18)17-12-8-9-13(19-5-2)14(11-12)20-6-3/h7-11H,4-6H2,1-3H3,(H2,16,17,18)/b10-7+. The summed E-state index contributed by atoms with van der Waals surface area (Å²) >= 11 is 0. The van der Waals surface area contributed by atoms with Crippen LogP contribution in [-0.4, -0.2) is 19.2 Å². The first-order valence-corrected chi connectivity index (χ1v) is 6.83. The molecule has 2 N–H and O–H groups in total. The summed E-state index contributed by atoms with van der Waals surface area (Å²) in [6.45, 7) is 6.91. The summed E-state index contributed by atoms with van der Waals surface area (Å²) < 4.78 is 11.0. The maximum atomic E-state index is 11.6. The highest BCUT2D eigenvalue weighted by molar-refractivity contribution is 5.90. The Morgan fingerprint density at radius 2 is 1.85 bits per heavy atom. The lowest BCUT2D eigenvalue weighted by molar-refractivity contribution is 0.255. The van der Waals surface area contributed by atoms with Gasteiger partial charge in [0.15, 0.2) is 11.5 Å². The van der Waals surface area contributed by atoms with Crippen LogP contribution in [0.1, 0.15) is 27.2 Å². The number of benzene rings is 1. The van der Waals surface area contributed by atoms with E-state index in [1.54, 1.807) is 24.4 Å². The van der Waals surface area contributed by atoms with Gasteiger partial charge < -0.3 is 20.1 Å². The van der Waals surface area contributed by atoms with Crippen molar-refractivity contribution in [2.45, 2.75) is 27.2 Å². The van der Waals surface area contributed by atoms with Crippen LogP contribution in [0.3, 0.4) is 0 Å². The van der Waals surface area contributed by atoms with Crippen molar-refractivity contribution in [2.24, 2.45) is 0 Å². The van der Waals surface area contributed by atoms with Crippen molar-refractivity contribution < 1.29 is 14.3 Å². The zero-order chi connectivity index (χ0) is 14.8. The highest BCUT2D eigenvalue weighted by Gasteiger charge is 2.07. The van der Waals surface area contributed by atoms with Crippen molar-refractivity contribution in [2.75, 3.05) is 18.5 Å². The van der Waals surface area contributed by atoms with Gasteiger partial charge >= 0.3 is 6.03 Å². The zero-order valence-corrected chi connectivity index (χ0v) is 12.2. The molecule has 0 heterocycles. The van der Waals surface area contributed by atoms with Crippen molar-refractivity contribution in [1.82, 2.24) is 5.32 Å². The first-order valence-electron chi connectivity index (χ1n) is 6.83. The van der Waals surface area contributed by atoms with Crippen molar-refractivity contribution in [3.8, 4) is 11.5 Å². The molecule has 0 aromatic heterocycles. The molecule has 0 saturated heterocycles. The summed E-state index contributed by atoms with van der Waals surface area (Å²) in [5.41, 5.74) is 0.652. The number of allylic oxidation sites excluding steroid dienone is 1. The molecule has 1 aromatic rings. The first-order chi connectivity index (χ1) is 9.71. The molecule has 1 aromatic carbocycles. The number of anilines is 1. The number of urea groups is 1. The minimum absolute atomic E-state index is 0.290. The lowest BCUT2D eigenvalue weighted by Crippen LogP contribution is -2.23. The van der Waals surface area contributed by atoms with E-state index in [-0.39, 0.29) is 6.03 Å². The Balaban J connectivity index is 2.73. The van der Waals surface area contributed by atoms with Gasteiger partial charge in [-0.2, -0.15) is 0 Å². The third-order valence-corrected chi connectivity index (χ3v) is 2.37. The third-order valence-electron chi connectivity index (χ3n) is 2.37. The Bertz CT molecular complexity index is 458. The molecule has 0 radical (unpaired) electrons. The van der Waals surface area contributed by atoms with Gasteiger partial charge in [-0.05, 0) is 32.4 Å². The minimum atomic E-state index is -0.290. The normalized spacial score (nSPS) is 10.3. The average molecular weight is 278 g/mol. The number of amides is 2. The Kier molecular flexibility index (Phi) is 7.03. The maximum absolute atomic E-state index is 11.6. The van der Waals surface area contributed by atoms with Gasteiger partial charge in [0.1, 0.15) is 0 Å². The van der Waals surface area contributed by atoms with E-state index in [1.807, 2.05) is 26.8 Å². The fourth-order valence-corrected chi connectivity index (χ4v) is 1.55. The Labute approximate surface area is 120 Å². The second-order valence-electron chi connectivity index (χ2n) is 3.94. The van der Waals surface area contributed by atoms with Gasteiger partial charge in [0.05, 0.1) is 13.2 Å². The van der Waals surface area contributed by atoms with E-state index in [9.17, 15) is 4.79 Å². The maximum Gasteiger partial charge on any atom is 0.323 e. The van der Waals surface area contributed by atoms with Crippen LogP contribution in [-0.2, 0) is 0 Å². The third kappa shape index (κ3) is 5.22. The van der Waals surface area contributed by atoms with Crippen LogP contribution in [0.4, 0.5) is 10.5 Å². The summed E-state index contributed by atoms with van der Waals surface area (Å²) in [5, 5.41) is 5.35. The summed E-state index contributed by atoms with van der Waals surface area (Å²) in [4.78, 5) is 11.6. The first kappa shape index (κ1) is 15.9. The van der Waals surface area contributed by atoms with Gasteiger partial charge in [0, 0.05) is 18.0 Å². The monoisotopic (exact) mass is 278 g/mol. The number of nitrogens with one attached hydrogen (secondary N) is 2. The number of carbonyl (C=O) groups excluding carboxylic acids is 1. The van der Waals surface area contributed by atoms with Crippen molar-refractivity contribution >= 4 is 11.7 Å². The van der Waals surface area contributed by atoms with E-state index in [4.69, 9.17) is 9.47 Å². The highest BCUT2D eigenvalue weighted by atomic mass is 16.5. The predicted molar refractivity (Wildman–Crippen MR) is 80.4 cm³/mol. The van der Waals surface area contributed by atoms with Crippen molar-refractivity contribution in [1.29, 1.82) is 0 Å². The number of hydrogen-bond donors (Lipinski definition) is 2. The zero-order valence-electron chi connectivity index (χ0n) is 12.2. The second-order valence-corrected chi connectivity index (χ2v) is 3.94. The van der Waals surface area contributed by atoms with E-state index in [2.05, 4.69) is 10.6 Å². The van der Waals surface area contributed by atoms with Gasteiger partial charge in [-0.3, -0.25) is 0 Å². The number of hydrogen-bond acceptors (Lipinski definition) is 3. The molecule has 5 heteroatoms. The van der Waals surface area contributed by atoms with Crippen molar-refractivity contribution in [3.63, 3.8) is 0 Å². The summed E-state index contributed by atoms with van der Waals surface area (Å²) in [7, 11) is 0. The number of ether oxygens (including phenoxy) is 2. The summed E-state index contributed by atoms with van der Waals surface area (Å²) in [6, 6.07) is 5.02. The molecule has 0 unspecified atom stereocenters. The SMILES string of the molecule is CC/C=C/NC(=O)Nc1ccc(OCC)c(OCC)c1. The van der Waals surface area contributed by atoms with Crippen LogP contribution < -0.4 is 20.1 Å². The van der Waals surface area contributed by atoms with Crippen LogP contribution in [0.5, 0.6) is 11.5 Å². The molecule has 0 aliphatic rings. The van der Waals surface area contributed by atoms with Gasteiger partial charge in [-0.15, -0.1) is 0 Å². The predicted octanol–water partition coefficient (Wildman–Crippen LogP) is 3.53. The van der Waals surface area contributed by atoms with Crippen LogP contribution in [0.2, 0.25) is 0 Å². The van der Waals surface area contributed by atoms with Crippen LogP contribution in [0, 0.1) is 0 Å². The molecule has 0 aliphatic carbocycles. The summed E-state index contributed by atoms with van der Waals surface area (Å²) in [5.74, 6) is 1.29. The molecule has 0 spiro atoms. The average Bonchev–Trinajstić information content (AvgIpc) is 2.42. The quantitative estimate of drug-likeness (QED) is 0.802. The molecular weight excluding hydrogens is 256 g/mol. The van der Waals surface area contributed by atoms with Crippen molar-refractivity contribution in [3.05, 3.63) is 30.5 Å². The number of carbonyl (C=O) groups is 1. The molecule has 0 fully saturated rings. The minimum Gasteiger partial charge on any atom is -0.490 e. The Morgan fingerprint density at radius 1 is 1.15 bits per heavy atom. The lowest BCUT2D eigenvalue weighted by atomic mass is 10.2. The fourth-order valence-electron chi connectivity index (χ4n) is 1.55. The fraction of sp³-hybridized carbons (Fsp3) is 0.400. The molecule has 0 saturated carbocycles. The Hall–Kier alpha value is -2.17. The lowest BCUT2D eigenvalue weighted by Gasteiger charge is -2.12. The largest absolute Gasteiger partial charge is 0.490 e. The van der Waals surface area contributed by atoms with E-state index < -0.39 is 0 Å². The molecule has 5 nitrogen and oxygen atoms in total. The van der Waals surface area contributed by atoms with Gasteiger partial charge in [0.25, 0.3) is 0 Å². The van der Waals surface area contributed by atoms with E-state index in [0.717, 1.165) is 6.42 Å². The molecule has 0 bridgehead atoms. The topological polar surface area (TPSA) is 59.6 Å². The summed E-state index contributed by atoms with van der Waals surface area (Å²) in [6.07, 6.45) is 4.36. The van der Waals surface area contributed by atoms with Crippen LogP contribution >= 0.6 is 0 Å². The van der Waals surface area contributed by atoms with Gasteiger partial charge in [-0.1, -0.05) is 13.0 Å². The van der Waals surface area contributed by atoms with Crippen LogP contribution in [0.25, 0.3) is 0 Å². The molecule has 1 rings (SSSR count). The Morgan fingerprint density at radius 3 is 2.50 bits per heavy atom. The molecular formula is C15H22N2O3. The van der Waals surface area contributed by atoms with E-state index >= 15 is 0 Å². The van der Waals surface area contributed by atoms with Gasteiger partial charge in [-0.25, -0.2) is 4.79 Å². The molecule has 0 atom stereocenters. The molecule has 0 aliphatic heterocycles. The smallest absolute Gasteiger partial charge is 0.323 e. The van der Waals surface area contributed by atoms with E-state index in [0.29, 0.717) is 30.4 Å². The van der Waals surface area contributed by atoms with E-state index in [1.165, 1.54) is 0 Å².